The molecule has 0 saturated carbocycles. The number of nitrogens with zero attached hydrogens (tertiary/aromatic N) is 4. The first-order valence-electron chi connectivity index (χ1n) is 10.4. The number of aryl methyl sites for hydroxylation is 1. The van der Waals surface area contributed by atoms with Crippen LogP contribution in [0.15, 0.2) is 36.7 Å². The minimum Gasteiger partial charge on any atom is -0.496 e. The minimum atomic E-state index is -0.465. The lowest BCUT2D eigenvalue weighted by atomic mass is 10.0. The van der Waals surface area contributed by atoms with Crippen LogP contribution >= 0.6 is 0 Å². The maximum Gasteiger partial charge on any atom is 0.237 e. The Kier molecular flexibility index (Phi) is 7.46. The SMILES string of the molecule is CCN(CCn1cccn1)C(=O)CC1C(=O)NCCN1Cc1ccc(OC)c(C)c1. The van der Waals surface area contributed by atoms with Gasteiger partial charge in [-0.1, -0.05) is 12.1 Å². The number of ether oxygens (including phenoxy) is 1. The number of rotatable bonds is 9. The summed E-state index contributed by atoms with van der Waals surface area (Å²) in [6.45, 7) is 7.71. The standard InChI is InChI=1S/C22H31N5O3/c1-4-25(12-13-27-10-5-8-24-27)21(28)15-19-22(29)23-9-11-26(19)16-18-6-7-20(30-3)17(2)14-18/h5-8,10,14,19H,4,9,11-13,15-16H2,1-3H3,(H,23,29). The number of likely N-dealkylation sites (N-methyl/N-ethyl adjacent to an activating group) is 1. The molecule has 0 radical (unpaired) electrons. The van der Waals surface area contributed by atoms with Crippen LogP contribution in [0.4, 0.5) is 0 Å². The Morgan fingerprint density at radius 2 is 2.23 bits per heavy atom. The van der Waals surface area contributed by atoms with Crippen LogP contribution in [0.1, 0.15) is 24.5 Å². The van der Waals surface area contributed by atoms with Crippen LogP contribution < -0.4 is 10.1 Å². The molecule has 1 saturated heterocycles. The number of amides is 2. The molecule has 0 aliphatic carbocycles. The van der Waals surface area contributed by atoms with Gasteiger partial charge in [-0.05, 0) is 37.1 Å². The molecule has 1 aromatic carbocycles. The molecule has 2 heterocycles. The Labute approximate surface area is 177 Å². The molecule has 1 unspecified atom stereocenters. The number of carbonyl (C=O) groups excluding carboxylic acids is 2. The summed E-state index contributed by atoms with van der Waals surface area (Å²) >= 11 is 0. The largest absolute Gasteiger partial charge is 0.496 e. The van der Waals surface area contributed by atoms with Gasteiger partial charge in [0.05, 0.1) is 26.1 Å². The third-order valence-electron chi connectivity index (χ3n) is 5.55. The molecule has 3 rings (SSSR count). The van der Waals surface area contributed by atoms with Crippen molar-refractivity contribution >= 4 is 11.8 Å². The number of nitrogens with one attached hydrogen (secondary N) is 1. The molecular weight excluding hydrogens is 382 g/mol. The lowest BCUT2D eigenvalue weighted by molar-refractivity contribution is -0.139. The smallest absolute Gasteiger partial charge is 0.237 e. The van der Waals surface area contributed by atoms with Gasteiger partial charge in [0.2, 0.25) is 11.8 Å². The molecule has 1 aliphatic heterocycles. The summed E-state index contributed by atoms with van der Waals surface area (Å²) in [6.07, 6.45) is 3.78. The van der Waals surface area contributed by atoms with E-state index in [1.807, 2.05) is 42.9 Å². The first-order valence-corrected chi connectivity index (χ1v) is 10.4. The zero-order valence-electron chi connectivity index (χ0n) is 18.0. The van der Waals surface area contributed by atoms with E-state index in [0.717, 1.165) is 16.9 Å². The zero-order valence-corrected chi connectivity index (χ0v) is 18.0. The summed E-state index contributed by atoms with van der Waals surface area (Å²) in [5.41, 5.74) is 2.16. The number of methoxy groups -OCH3 is 1. The molecule has 1 aromatic heterocycles. The second-order valence-corrected chi connectivity index (χ2v) is 7.53. The fourth-order valence-electron chi connectivity index (χ4n) is 3.86. The van der Waals surface area contributed by atoms with Gasteiger partial charge < -0.3 is 15.0 Å². The van der Waals surface area contributed by atoms with Crippen LogP contribution in [-0.4, -0.2) is 70.7 Å². The van der Waals surface area contributed by atoms with Crippen molar-refractivity contribution in [3.8, 4) is 5.75 Å². The highest BCUT2D eigenvalue weighted by molar-refractivity contribution is 5.88. The maximum absolute atomic E-state index is 13.0. The van der Waals surface area contributed by atoms with E-state index in [-0.39, 0.29) is 18.2 Å². The second kappa shape index (κ2) is 10.2. The van der Waals surface area contributed by atoms with E-state index >= 15 is 0 Å². The number of hydrogen-bond donors (Lipinski definition) is 1. The third kappa shape index (κ3) is 5.38. The average Bonchev–Trinajstić information content (AvgIpc) is 3.25. The lowest BCUT2D eigenvalue weighted by Gasteiger charge is -2.35. The Morgan fingerprint density at radius 3 is 2.90 bits per heavy atom. The molecule has 8 heteroatoms. The third-order valence-corrected chi connectivity index (χ3v) is 5.55. The van der Waals surface area contributed by atoms with Gasteiger partial charge >= 0.3 is 0 Å². The van der Waals surface area contributed by atoms with Crippen molar-refractivity contribution in [1.82, 2.24) is 24.9 Å². The van der Waals surface area contributed by atoms with Crippen LogP contribution in [0.3, 0.4) is 0 Å². The van der Waals surface area contributed by atoms with E-state index in [0.29, 0.717) is 39.3 Å². The predicted molar refractivity (Wildman–Crippen MR) is 114 cm³/mol. The van der Waals surface area contributed by atoms with Crippen LogP contribution in [0, 0.1) is 6.92 Å². The highest BCUT2D eigenvalue weighted by Gasteiger charge is 2.32. The summed E-state index contributed by atoms with van der Waals surface area (Å²) in [4.78, 5) is 29.4. The molecule has 162 valence electrons. The number of hydrogen-bond acceptors (Lipinski definition) is 5. The van der Waals surface area contributed by atoms with Crippen molar-refractivity contribution in [2.24, 2.45) is 0 Å². The Morgan fingerprint density at radius 1 is 1.40 bits per heavy atom. The predicted octanol–water partition coefficient (Wildman–Crippen LogP) is 1.44. The quantitative estimate of drug-likeness (QED) is 0.673. The van der Waals surface area contributed by atoms with Gasteiger partial charge in [-0.3, -0.25) is 19.2 Å². The van der Waals surface area contributed by atoms with Gasteiger partial charge in [0.15, 0.2) is 0 Å². The zero-order chi connectivity index (χ0) is 21.5. The van der Waals surface area contributed by atoms with Crippen molar-refractivity contribution in [3.05, 3.63) is 47.8 Å². The van der Waals surface area contributed by atoms with E-state index in [4.69, 9.17) is 4.74 Å². The topological polar surface area (TPSA) is 79.7 Å². The molecule has 1 fully saturated rings. The molecular formula is C22H31N5O3. The highest BCUT2D eigenvalue weighted by atomic mass is 16.5. The van der Waals surface area contributed by atoms with Crippen molar-refractivity contribution in [2.45, 2.75) is 39.4 Å². The van der Waals surface area contributed by atoms with Crippen molar-refractivity contribution in [3.63, 3.8) is 0 Å². The maximum atomic E-state index is 13.0. The summed E-state index contributed by atoms with van der Waals surface area (Å²) in [7, 11) is 1.66. The second-order valence-electron chi connectivity index (χ2n) is 7.53. The van der Waals surface area contributed by atoms with Crippen molar-refractivity contribution in [1.29, 1.82) is 0 Å². The fraction of sp³-hybridized carbons (Fsp3) is 0.500. The monoisotopic (exact) mass is 413 g/mol. The Hall–Kier alpha value is -2.87. The van der Waals surface area contributed by atoms with Gasteiger partial charge in [0.25, 0.3) is 0 Å². The van der Waals surface area contributed by atoms with Crippen molar-refractivity contribution < 1.29 is 14.3 Å². The van der Waals surface area contributed by atoms with Crippen molar-refractivity contribution in [2.75, 3.05) is 33.3 Å². The van der Waals surface area contributed by atoms with E-state index in [1.54, 1.807) is 18.2 Å². The highest BCUT2D eigenvalue weighted by Crippen LogP contribution is 2.21. The number of benzene rings is 1. The van der Waals surface area contributed by atoms with Crippen LogP contribution in [0.2, 0.25) is 0 Å². The first-order chi connectivity index (χ1) is 14.5. The number of aromatic nitrogens is 2. The molecule has 2 amide bonds. The number of carbonyl (C=O) groups is 2. The Bertz CT molecular complexity index is 852. The minimum absolute atomic E-state index is 0.0115. The van der Waals surface area contributed by atoms with E-state index in [2.05, 4.69) is 21.4 Å². The summed E-state index contributed by atoms with van der Waals surface area (Å²) in [6, 6.07) is 7.44. The van der Waals surface area contributed by atoms with E-state index in [9.17, 15) is 9.59 Å². The van der Waals surface area contributed by atoms with Crippen LogP contribution in [0.25, 0.3) is 0 Å². The molecule has 1 aliphatic rings. The molecule has 2 aromatic rings. The van der Waals surface area contributed by atoms with Gasteiger partial charge in [-0.15, -0.1) is 0 Å². The first kappa shape index (κ1) is 21.8. The summed E-state index contributed by atoms with van der Waals surface area (Å²) in [5.74, 6) is 0.753. The van der Waals surface area contributed by atoms with Gasteiger partial charge in [0, 0.05) is 45.1 Å². The fourth-order valence-corrected chi connectivity index (χ4v) is 3.86. The molecule has 0 spiro atoms. The van der Waals surface area contributed by atoms with E-state index in [1.165, 1.54) is 0 Å². The van der Waals surface area contributed by atoms with Gasteiger partial charge in [-0.25, -0.2) is 0 Å². The average molecular weight is 414 g/mol. The molecule has 0 bridgehead atoms. The van der Waals surface area contributed by atoms with Gasteiger partial charge in [-0.2, -0.15) is 5.10 Å². The molecule has 30 heavy (non-hydrogen) atoms. The van der Waals surface area contributed by atoms with E-state index < -0.39 is 6.04 Å². The van der Waals surface area contributed by atoms with Crippen LogP contribution in [0.5, 0.6) is 5.75 Å². The normalized spacial score (nSPS) is 16.9. The summed E-state index contributed by atoms with van der Waals surface area (Å²) in [5, 5.41) is 7.09. The number of piperazine rings is 1. The van der Waals surface area contributed by atoms with Crippen LogP contribution in [-0.2, 0) is 22.7 Å². The molecule has 1 atom stereocenters. The summed E-state index contributed by atoms with van der Waals surface area (Å²) < 4.78 is 7.14. The lowest BCUT2D eigenvalue weighted by Crippen LogP contribution is -2.56. The Balaban J connectivity index is 1.65. The van der Waals surface area contributed by atoms with Gasteiger partial charge in [0.1, 0.15) is 5.75 Å². The molecule has 8 nitrogen and oxygen atoms in total. The molecule has 1 N–H and O–H groups in total.